The lowest BCUT2D eigenvalue weighted by Gasteiger charge is -2.10. The highest BCUT2D eigenvalue weighted by Gasteiger charge is 2.16. The summed E-state index contributed by atoms with van der Waals surface area (Å²) in [7, 11) is 0. The van der Waals surface area contributed by atoms with E-state index in [0.29, 0.717) is 0 Å². The third kappa shape index (κ3) is 2.46. The summed E-state index contributed by atoms with van der Waals surface area (Å²) < 4.78 is 0. The molecule has 0 radical (unpaired) electrons. The zero-order valence-electron chi connectivity index (χ0n) is 8.79. The number of rotatable bonds is 3. The van der Waals surface area contributed by atoms with E-state index in [1.54, 1.807) is 12.1 Å². The van der Waals surface area contributed by atoms with Crippen LogP contribution in [0.1, 0.15) is 22.1 Å². The molecule has 0 spiro atoms. The van der Waals surface area contributed by atoms with Gasteiger partial charge in [0, 0.05) is 0 Å². The van der Waals surface area contributed by atoms with Crippen LogP contribution in [-0.2, 0) is 0 Å². The molecule has 1 aromatic carbocycles. The molecule has 0 aliphatic carbocycles. The van der Waals surface area contributed by atoms with Gasteiger partial charge in [-0.05, 0) is 5.56 Å². The standard InChI is InChI=1S/C11H9N5O/c12-6-9(8-4-2-1-3-5-8)14-11(17)10-7-13-16-15-10/h1-5,7,9H,(H,14,17)(H,13,15,16). The maximum absolute atomic E-state index is 11.7. The molecule has 17 heavy (non-hydrogen) atoms. The number of hydrogen-bond donors (Lipinski definition) is 2. The van der Waals surface area contributed by atoms with Crippen molar-refractivity contribution in [3.63, 3.8) is 0 Å². The van der Waals surface area contributed by atoms with Crippen molar-refractivity contribution < 1.29 is 4.79 Å². The van der Waals surface area contributed by atoms with Gasteiger partial charge in [-0.25, -0.2) is 0 Å². The average molecular weight is 227 g/mol. The molecule has 6 nitrogen and oxygen atoms in total. The zero-order valence-corrected chi connectivity index (χ0v) is 8.79. The van der Waals surface area contributed by atoms with E-state index in [2.05, 4.69) is 20.7 Å². The van der Waals surface area contributed by atoms with Crippen LogP contribution in [0.15, 0.2) is 36.5 Å². The number of aromatic amines is 1. The Hall–Kier alpha value is -2.68. The summed E-state index contributed by atoms with van der Waals surface area (Å²) in [5, 5.41) is 21.1. The number of carbonyl (C=O) groups is 1. The first kappa shape index (κ1) is 10.8. The first-order valence-corrected chi connectivity index (χ1v) is 4.92. The topological polar surface area (TPSA) is 94.5 Å². The second kappa shape index (κ2) is 4.90. The third-order valence-corrected chi connectivity index (χ3v) is 2.19. The number of H-pyrrole nitrogens is 1. The van der Waals surface area contributed by atoms with E-state index in [4.69, 9.17) is 5.26 Å². The molecule has 1 heterocycles. The lowest BCUT2D eigenvalue weighted by molar-refractivity contribution is 0.0940. The van der Waals surface area contributed by atoms with Gasteiger partial charge < -0.3 is 5.32 Å². The Kier molecular flexibility index (Phi) is 3.12. The molecule has 2 rings (SSSR count). The molecular weight excluding hydrogens is 218 g/mol. The van der Waals surface area contributed by atoms with Crippen LogP contribution < -0.4 is 5.32 Å². The summed E-state index contributed by atoms with van der Waals surface area (Å²) >= 11 is 0. The molecule has 0 aliphatic heterocycles. The fourth-order valence-corrected chi connectivity index (χ4v) is 1.35. The maximum Gasteiger partial charge on any atom is 0.274 e. The van der Waals surface area contributed by atoms with Crippen molar-refractivity contribution in [1.29, 1.82) is 5.26 Å². The Morgan fingerprint density at radius 1 is 1.41 bits per heavy atom. The highest BCUT2D eigenvalue weighted by molar-refractivity contribution is 5.92. The number of nitrogens with zero attached hydrogens (tertiary/aromatic N) is 3. The Morgan fingerprint density at radius 3 is 2.76 bits per heavy atom. The molecule has 1 atom stereocenters. The average Bonchev–Trinajstić information content (AvgIpc) is 2.90. The second-order valence-corrected chi connectivity index (χ2v) is 3.30. The number of benzene rings is 1. The number of hydrogen-bond acceptors (Lipinski definition) is 4. The Labute approximate surface area is 97.3 Å². The highest BCUT2D eigenvalue weighted by Crippen LogP contribution is 2.11. The predicted molar refractivity (Wildman–Crippen MR) is 58.6 cm³/mol. The summed E-state index contributed by atoms with van der Waals surface area (Å²) in [4.78, 5) is 11.7. The molecule has 84 valence electrons. The molecular formula is C11H9N5O. The van der Waals surface area contributed by atoms with Crippen molar-refractivity contribution in [1.82, 2.24) is 20.7 Å². The van der Waals surface area contributed by atoms with Gasteiger partial charge in [0.25, 0.3) is 5.91 Å². The lowest BCUT2D eigenvalue weighted by Crippen LogP contribution is -2.27. The minimum absolute atomic E-state index is 0.154. The number of nitriles is 1. The summed E-state index contributed by atoms with van der Waals surface area (Å²) in [6, 6.07) is 10.3. The predicted octanol–water partition coefficient (Wildman–Crippen LogP) is 0.799. The summed E-state index contributed by atoms with van der Waals surface area (Å²) in [5.41, 5.74) is 0.882. The molecule has 0 aliphatic rings. The minimum atomic E-state index is -0.694. The molecule has 1 amide bonds. The van der Waals surface area contributed by atoms with Crippen molar-refractivity contribution in [3.05, 3.63) is 47.8 Å². The molecule has 6 heteroatoms. The van der Waals surface area contributed by atoms with Gasteiger partial charge in [-0.3, -0.25) is 4.79 Å². The molecule has 0 saturated carbocycles. The van der Waals surface area contributed by atoms with Crippen LogP contribution in [0.2, 0.25) is 0 Å². The van der Waals surface area contributed by atoms with Crippen LogP contribution in [0.5, 0.6) is 0 Å². The normalized spacial score (nSPS) is 11.5. The van der Waals surface area contributed by atoms with Crippen molar-refractivity contribution >= 4 is 5.91 Å². The fraction of sp³-hybridized carbons (Fsp3) is 0.0909. The second-order valence-electron chi connectivity index (χ2n) is 3.30. The minimum Gasteiger partial charge on any atom is -0.331 e. The highest BCUT2D eigenvalue weighted by atomic mass is 16.2. The van der Waals surface area contributed by atoms with Gasteiger partial charge in [0.05, 0.1) is 12.3 Å². The lowest BCUT2D eigenvalue weighted by atomic mass is 10.1. The van der Waals surface area contributed by atoms with Crippen molar-refractivity contribution in [2.45, 2.75) is 6.04 Å². The molecule has 2 N–H and O–H groups in total. The first-order valence-electron chi connectivity index (χ1n) is 4.92. The number of carbonyl (C=O) groups excluding carboxylic acids is 1. The van der Waals surface area contributed by atoms with E-state index in [1.807, 2.05) is 24.3 Å². The largest absolute Gasteiger partial charge is 0.331 e. The van der Waals surface area contributed by atoms with E-state index in [9.17, 15) is 4.79 Å². The first-order chi connectivity index (χ1) is 8.31. The van der Waals surface area contributed by atoms with E-state index in [0.717, 1.165) is 5.56 Å². The Balaban J connectivity index is 2.12. The molecule has 0 saturated heterocycles. The Morgan fingerprint density at radius 2 is 2.18 bits per heavy atom. The van der Waals surface area contributed by atoms with E-state index in [1.165, 1.54) is 6.20 Å². The number of amides is 1. The van der Waals surface area contributed by atoms with E-state index < -0.39 is 11.9 Å². The number of aromatic nitrogens is 3. The van der Waals surface area contributed by atoms with Crippen LogP contribution in [-0.4, -0.2) is 21.3 Å². The van der Waals surface area contributed by atoms with Crippen LogP contribution in [0.4, 0.5) is 0 Å². The van der Waals surface area contributed by atoms with Crippen LogP contribution >= 0.6 is 0 Å². The van der Waals surface area contributed by atoms with Gasteiger partial charge >= 0.3 is 0 Å². The number of nitrogens with one attached hydrogen (secondary N) is 2. The van der Waals surface area contributed by atoms with Crippen molar-refractivity contribution in [2.24, 2.45) is 0 Å². The van der Waals surface area contributed by atoms with Gasteiger partial charge in [0.15, 0.2) is 5.69 Å². The molecule has 1 aromatic heterocycles. The SMILES string of the molecule is N#CC(NC(=O)c1cn[nH]n1)c1ccccc1. The van der Waals surface area contributed by atoms with Gasteiger partial charge in [0.2, 0.25) is 0 Å². The van der Waals surface area contributed by atoms with Gasteiger partial charge in [-0.15, -0.1) is 0 Å². The monoisotopic (exact) mass is 227 g/mol. The maximum atomic E-state index is 11.7. The summed E-state index contributed by atoms with van der Waals surface area (Å²) in [6.45, 7) is 0. The zero-order chi connectivity index (χ0) is 12.1. The van der Waals surface area contributed by atoms with Crippen LogP contribution in [0.25, 0.3) is 0 Å². The van der Waals surface area contributed by atoms with E-state index >= 15 is 0 Å². The van der Waals surface area contributed by atoms with Crippen molar-refractivity contribution in [3.8, 4) is 6.07 Å². The van der Waals surface area contributed by atoms with Crippen LogP contribution in [0.3, 0.4) is 0 Å². The molecule has 2 aromatic rings. The Bertz CT molecular complexity index is 529. The molecule has 1 unspecified atom stereocenters. The van der Waals surface area contributed by atoms with Gasteiger partial charge in [-0.1, -0.05) is 30.3 Å². The summed E-state index contributed by atoms with van der Waals surface area (Å²) in [5.74, 6) is -0.436. The summed E-state index contributed by atoms with van der Waals surface area (Å²) in [6.07, 6.45) is 1.30. The van der Waals surface area contributed by atoms with Crippen molar-refractivity contribution in [2.75, 3.05) is 0 Å². The van der Waals surface area contributed by atoms with Crippen LogP contribution in [0, 0.1) is 11.3 Å². The quantitative estimate of drug-likeness (QED) is 0.810. The van der Waals surface area contributed by atoms with Gasteiger partial charge in [-0.2, -0.15) is 20.7 Å². The van der Waals surface area contributed by atoms with Gasteiger partial charge in [0.1, 0.15) is 6.04 Å². The smallest absolute Gasteiger partial charge is 0.274 e. The fourth-order valence-electron chi connectivity index (χ4n) is 1.35. The third-order valence-electron chi connectivity index (χ3n) is 2.19. The molecule has 0 fully saturated rings. The molecule has 0 bridgehead atoms. The van der Waals surface area contributed by atoms with E-state index in [-0.39, 0.29) is 5.69 Å².